The molecule has 1 N–H and O–H groups in total. The second-order valence-electron chi connectivity index (χ2n) is 7.85. The highest BCUT2D eigenvalue weighted by atomic mass is 32.2. The van der Waals surface area contributed by atoms with Gasteiger partial charge in [0.05, 0.1) is 16.9 Å². The first kappa shape index (κ1) is 23.5. The van der Waals surface area contributed by atoms with E-state index in [2.05, 4.69) is 5.32 Å². The van der Waals surface area contributed by atoms with Gasteiger partial charge in [0.15, 0.2) is 0 Å². The number of nitrogens with zero attached hydrogens (tertiary/aromatic N) is 3. The molecule has 1 aliphatic heterocycles. The minimum Gasteiger partial charge on any atom is -0.497 e. The predicted molar refractivity (Wildman–Crippen MR) is 126 cm³/mol. The molecule has 0 aliphatic carbocycles. The molecular weight excluding hydrogens is 460 g/mol. The maximum Gasteiger partial charge on any atom is 0.317 e. The summed E-state index contributed by atoms with van der Waals surface area (Å²) in [5.74, 6) is 0.778. The van der Waals surface area contributed by atoms with E-state index in [1.807, 2.05) is 36.4 Å². The van der Waals surface area contributed by atoms with Crippen LogP contribution < -0.4 is 10.1 Å². The van der Waals surface area contributed by atoms with Crippen LogP contribution in [-0.2, 0) is 16.6 Å². The van der Waals surface area contributed by atoms with E-state index in [1.54, 1.807) is 12.0 Å². The van der Waals surface area contributed by atoms with Crippen molar-refractivity contribution in [3.63, 3.8) is 0 Å². The number of non-ortho nitro benzene ring substituents is 1. The quantitative estimate of drug-likeness (QED) is 0.424. The summed E-state index contributed by atoms with van der Waals surface area (Å²) in [5, 5.41) is 15.9. The van der Waals surface area contributed by atoms with Crippen LogP contribution in [0.4, 0.5) is 10.5 Å². The number of fused-ring (bicyclic) bond motifs is 1. The second kappa shape index (κ2) is 9.65. The van der Waals surface area contributed by atoms with E-state index in [0.29, 0.717) is 6.54 Å². The van der Waals surface area contributed by atoms with Crippen molar-refractivity contribution in [2.24, 2.45) is 0 Å². The first-order valence-corrected chi connectivity index (χ1v) is 12.1. The molecule has 0 bridgehead atoms. The number of amides is 2. The average molecular weight is 485 g/mol. The zero-order valence-corrected chi connectivity index (χ0v) is 19.3. The van der Waals surface area contributed by atoms with Crippen molar-refractivity contribution >= 4 is 32.5 Å². The van der Waals surface area contributed by atoms with Gasteiger partial charge >= 0.3 is 6.03 Å². The summed E-state index contributed by atoms with van der Waals surface area (Å²) in [7, 11) is -2.27. The van der Waals surface area contributed by atoms with Gasteiger partial charge in [-0.25, -0.2) is 13.2 Å². The lowest BCUT2D eigenvalue weighted by Crippen LogP contribution is -2.52. The Balaban J connectivity index is 1.34. The van der Waals surface area contributed by atoms with E-state index in [4.69, 9.17) is 4.74 Å². The number of urea groups is 1. The third-order valence-corrected chi connectivity index (χ3v) is 7.64. The van der Waals surface area contributed by atoms with Gasteiger partial charge in [0.25, 0.3) is 5.69 Å². The van der Waals surface area contributed by atoms with E-state index < -0.39 is 14.9 Å². The maximum atomic E-state index is 12.9. The molecule has 0 unspecified atom stereocenters. The van der Waals surface area contributed by atoms with E-state index >= 15 is 0 Å². The van der Waals surface area contributed by atoms with Crippen LogP contribution in [-0.4, -0.2) is 61.9 Å². The minimum absolute atomic E-state index is 0.107. The summed E-state index contributed by atoms with van der Waals surface area (Å²) in [4.78, 5) is 24.4. The van der Waals surface area contributed by atoms with Crippen molar-refractivity contribution in [3.8, 4) is 5.75 Å². The number of ether oxygens (including phenoxy) is 1. The molecule has 0 aromatic heterocycles. The molecule has 0 saturated carbocycles. The van der Waals surface area contributed by atoms with E-state index in [1.165, 1.54) is 22.5 Å². The number of nitrogens with one attached hydrogen (secondary N) is 1. The van der Waals surface area contributed by atoms with Crippen LogP contribution in [0.15, 0.2) is 65.6 Å². The molecule has 34 heavy (non-hydrogen) atoms. The van der Waals surface area contributed by atoms with Gasteiger partial charge in [-0.05, 0) is 40.6 Å². The first-order chi connectivity index (χ1) is 16.3. The van der Waals surface area contributed by atoms with Crippen molar-refractivity contribution in [2.45, 2.75) is 11.4 Å². The van der Waals surface area contributed by atoms with Gasteiger partial charge in [-0.15, -0.1) is 0 Å². The van der Waals surface area contributed by atoms with Crippen LogP contribution in [0.1, 0.15) is 5.56 Å². The number of hydrogen-bond acceptors (Lipinski definition) is 6. The summed E-state index contributed by atoms with van der Waals surface area (Å²) >= 11 is 0. The lowest BCUT2D eigenvalue weighted by Gasteiger charge is -2.34. The fourth-order valence-electron chi connectivity index (χ4n) is 3.84. The summed E-state index contributed by atoms with van der Waals surface area (Å²) in [6.45, 7) is 0.995. The molecule has 2 amide bonds. The molecule has 4 rings (SSSR count). The number of rotatable bonds is 6. The highest BCUT2D eigenvalue weighted by Crippen LogP contribution is 2.23. The van der Waals surface area contributed by atoms with Crippen LogP contribution in [0.3, 0.4) is 0 Å². The second-order valence-corrected chi connectivity index (χ2v) is 9.79. The van der Waals surface area contributed by atoms with Gasteiger partial charge in [0.1, 0.15) is 5.75 Å². The Morgan fingerprint density at radius 1 is 1.03 bits per heavy atom. The predicted octanol–water partition coefficient (Wildman–Crippen LogP) is 2.97. The number of methoxy groups -OCH3 is 1. The fourth-order valence-corrected chi connectivity index (χ4v) is 5.30. The highest BCUT2D eigenvalue weighted by molar-refractivity contribution is 7.89. The molecule has 3 aromatic carbocycles. The molecule has 178 valence electrons. The molecule has 0 radical (unpaired) electrons. The summed E-state index contributed by atoms with van der Waals surface area (Å²) in [5.41, 5.74) is 0.657. The zero-order chi connectivity index (χ0) is 24.3. The standard InChI is InChI=1S/C23H24N4O6S/c1-33-21-8-7-18-13-17(5-6-19(18)14-21)16-24-23(28)25-9-11-26(12-10-25)34(31,32)22-4-2-3-20(15-22)27(29)30/h2-8,13-15H,9-12,16H2,1H3,(H,24,28). The molecule has 11 heteroatoms. The third kappa shape index (κ3) is 4.95. The number of benzene rings is 3. The van der Waals surface area contributed by atoms with Crippen molar-refractivity contribution in [3.05, 3.63) is 76.3 Å². The Hall–Kier alpha value is -3.70. The van der Waals surface area contributed by atoms with Crippen LogP contribution in [0.5, 0.6) is 5.75 Å². The molecule has 3 aromatic rings. The minimum atomic E-state index is -3.89. The molecule has 1 fully saturated rings. The van der Waals surface area contributed by atoms with Gasteiger partial charge < -0.3 is 15.0 Å². The van der Waals surface area contributed by atoms with Crippen molar-refractivity contribution in [1.82, 2.24) is 14.5 Å². The fraction of sp³-hybridized carbons (Fsp3) is 0.261. The van der Waals surface area contributed by atoms with Crippen LogP contribution in [0, 0.1) is 10.1 Å². The molecular formula is C23H24N4O6S. The molecule has 0 spiro atoms. The van der Waals surface area contributed by atoms with E-state index in [9.17, 15) is 23.3 Å². The number of nitro groups is 1. The van der Waals surface area contributed by atoms with Crippen LogP contribution >= 0.6 is 0 Å². The first-order valence-electron chi connectivity index (χ1n) is 10.6. The monoisotopic (exact) mass is 484 g/mol. The Labute approximate surface area is 196 Å². The Morgan fingerprint density at radius 2 is 1.74 bits per heavy atom. The Kier molecular flexibility index (Phi) is 6.66. The normalized spacial score (nSPS) is 14.7. The van der Waals surface area contributed by atoms with Gasteiger partial charge in [-0.3, -0.25) is 10.1 Å². The maximum absolute atomic E-state index is 12.9. The summed E-state index contributed by atoms with van der Waals surface area (Å²) in [6, 6.07) is 16.4. The van der Waals surface area contributed by atoms with Crippen LogP contribution in [0.25, 0.3) is 10.8 Å². The molecule has 10 nitrogen and oxygen atoms in total. The number of piperazine rings is 1. The smallest absolute Gasteiger partial charge is 0.317 e. The van der Waals surface area contributed by atoms with Gasteiger partial charge in [0, 0.05) is 44.9 Å². The number of sulfonamides is 1. The molecule has 1 heterocycles. The number of carbonyl (C=O) groups excluding carboxylic acids is 1. The molecule has 0 atom stereocenters. The van der Waals surface area contributed by atoms with Gasteiger partial charge in [-0.1, -0.05) is 24.3 Å². The number of carbonyl (C=O) groups is 1. The highest BCUT2D eigenvalue weighted by Gasteiger charge is 2.31. The van der Waals surface area contributed by atoms with Crippen molar-refractivity contribution in [2.75, 3.05) is 33.3 Å². The Bertz CT molecular complexity index is 1340. The lowest BCUT2D eigenvalue weighted by molar-refractivity contribution is -0.385. The van der Waals surface area contributed by atoms with Crippen molar-refractivity contribution in [1.29, 1.82) is 0 Å². The van der Waals surface area contributed by atoms with Crippen LogP contribution in [0.2, 0.25) is 0 Å². The SMILES string of the molecule is COc1ccc2cc(CNC(=O)N3CCN(S(=O)(=O)c4cccc([N+](=O)[O-])c4)CC3)ccc2c1. The van der Waals surface area contributed by atoms with Gasteiger partial charge in [-0.2, -0.15) is 4.31 Å². The van der Waals surface area contributed by atoms with E-state index in [0.717, 1.165) is 28.2 Å². The number of nitro benzene ring substituents is 1. The number of hydrogen-bond donors (Lipinski definition) is 1. The topological polar surface area (TPSA) is 122 Å². The Morgan fingerprint density at radius 3 is 2.44 bits per heavy atom. The van der Waals surface area contributed by atoms with Gasteiger partial charge in [0.2, 0.25) is 10.0 Å². The summed E-state index contributed by atoms with van der Waals surface area (Å²) in [6.07, 6.45) is 0. The third-order valence-electron chi connectivity index (χ3n) is 5.75. The van der Waals surface area contributed by atoms with Crippen molar-refractivity contribution < 1.29 is 22.9 Å². The molecule has 1 saturated heterocycles. The summed E-state index contributed by atoms with van der Waals surface area (Å²) < 4.78 is 32.2. The zero-order valence-electron chi connectivity index (χ0n) is 18.5. The largest absolute Gasteiger partial charge is 0.497 e. The lowest BCUT2D eigenvalue weighted by atomic mass is 10.1. The molecule has 1 aliphatic rings. The average Bonchev–Trinajstić information content (AvgIpc) is 2.87. The van der Waals surface area contributed by atoms with E-state index in [-0.39, 0.29) is 42.8 Å².